The van der Waals surface area contributed by atoms with Crippen LogP contribution in [-0.4, -0.2) is 29.6 Å². The molecule has 1 aromatic rings. The lowest BCUT2D eigenvalue weighted by molar-refractivity contribution is -0.118. The molecule has 0 aliphatic carbocycles. The minimum Gasteiger partial charge on any atom is -0.478 e. The average molecular weight is 262 g/mol. The molecule has 1 amide bonds. The van der Waals surface area contributed by atoms with Gasteiger partial charge in [0.15, 0.2) is 0 Å². The van der Waals surface area contributed by atoms with E-state index in [2.05, 4.69) is 10.6 Å². The summed E-state index contributed by atoms with van der Waals surface area (Å²) in [5.74, 6) is -1.09. The normalized spacial score (nSPS) is 18.9. The Morgan fingerprint density at radius 3 is 2.79 bits per heavy atom. The van der Waals surface area contributed by atoms with E-state index in [0.29, 0.717) is 5.69 Å². The van der Waals surface area contributed by atoms with Crippen LogP contribution >= 0.6 is 0 Å². The minimum absolute atomic E-state index is 0.0923. The van der Waals surface area contributed by atoms with Gasteiger partial charge in [0.25, 0.3) is 0 Å². The van der Waals surface area contributed by atoms with Crippen LogP contribution in [0.15, 0.2) is 18.2 Å². The Bertz CT molecular complexity index is 493. The van der Waals surface area contributed by atoms with Crippen molar-refractivity contribution >= 4 is 17.6 Å². The molecule has 0 saturated carbocycles. The van der Waals surface area contributed by atoms with Crippen LogP contribution < -0.4 is 10.6 Å². The molecule has 1 aromatic carbocycles. The first-order valence-electron chi connectivity index (χ1n) is 6.46. The lowest BCUT2D eigenvalue weighted by atomic mass is 10.0. The Morgan fingerprint density at radius 1 is 1.37 bits per heavy atom. The van der Waals surface area contributed by atoms with Gasteiger partial charge in [-0.3, -0.25) is 4.79 Å². The summed E-state index contributed by atoms with van der Waals surface area (Å²) in [6.07, 6.45) is 2.96. The Balaban J connectivity index is 2.11. The number of carbonyl (C=O) groups excluding carboxylic acids is 1. The molecule has 1 saturated heterocycles. The van der Waals surface area contributed by atoms with Gasteiger partial charge in [-0.2, -0.15) is 0 Å². The van der Waals surface area contributed by atoms with E-state index in [1.165, 1.54) is 12.1 Å². The molecule has 3 N–H and O–H groups in total. The van der Waals surface area contributed by atoms with Crippen molar-refractivity contribution < 1.29 is 14.7 Å². The number of hydrogen-bond donors (Lipinski definition) is 3. The van der Waals surface area contributed by atoms with Crippen molar-refractivity contribution in [2.75, 3.05) is 11.9 Å². The zero-order valence-electron chi connectivity index (χ0n) is 10.9. The monoisotopic (exact) mass is 262 g/mol. The molecule has 1 fully saturated rings. The lowest BCUT2D eigenvalue weighted by Crippen LogP contribution is -2.43. The van der Waals surface area contributed by atoms with Crippen LogP contribution in [0.3, 0.4) is 0 Å². The number of aromatic carboxylic acids is 1. The minimum atomic E-state index is -0.994. The van der Waals surface area contributed by atoms with Crippen LogP contribution in [0.1, 0.15) is 35.2 Å². The highest BCUT2D eigenvalue weighted by Crippen LogP contribution is 2.18. The van der Waals surface area contributed by atoms with Gasteiger partial charge in [0.05, 0.1) is 11.6 Å². The van der Waals surface area contributed by atoms with E-state index in [0.717, 1.165) is 31.4 Å². The summed E-state index contributed by atoms with van der Waals surface area (Å²) >= 11 is 0. The maximum Gasteiger partial charge on any atom is 0.335 e. The molecule has 0 bridgehead atoms. The van der Waals surface area contributed by atoms with Gasteiger partial charge in [-0.15, -0.1) is 0 Å². The van der Waals surface area contributed by atoms with Crippen LogP contribution in [-0.2, 0) is 4.79 Å². The number of aryl methyl sites for hydroxylation is 1. The van der Waals surface area contributed by atoms with Crippen molar-refractivity contribution in [2.45, 2.75) is 32.2 Å². The van der Waals surface area contributed by atoms with Crippen molar-refractivity contribution in [3.63, 3.8) is 0 Å². The summed E-state index contributed by atoms with van der Waals surface area (Å²) < 4.78 is 0. The van der Waals surface area contributed by atoms with Crippen molar-refractivity contribution in [3.05, 3.63) is 29.3 Å². The Morgan fingerprint density at radius 2 is 2.16 bits per heavy atom. The highest BCUT2D eigenvalue weighted by molar-refractivity contribution is 5.97. The molecule has 1 atom stereocenters. The largest absolute Gasteiger partial charge is 0.478 e. The molecule has 5 nitrogen and oxygen atoms in total. The van der Waals surface area contributed by atoms with Crippen molar-refractivity contribution in [2.24, 2.45) is 0 Å². The molecule has 1 heterocycles. The summed E-state index contributed by atoms with van der Waals surface area (Å²) in [5, 5.41) is 14.9. The number of hydrogen-bond acceptors (Lipinski definition) is 3. The van der Waals surface area contributed by atoms with Crippen LogP contribution in [0.2, 0.25) is 0 Å². The SMILES string of the molecule is Cc1ccc(C(=O)O)cc1NC(=O)[C@@H]1CCCCN1. The first kappa shape index (κ1) is 13.5. The summed E-state index contributed by atoms with van der Waals surface area (Å²) in [6, 6.07) is 4.56. The molecule has 102 valence electrons. The van der Waals surface area contributed by atoms with Crippen LogP contribution in [0.25, 0.3) is 0 Å². The molecule has 1 aliphatic heterocycles. The highest BCUT2D eigenvalue weighted by atomic mass is 16.4. The highest BCUT2D eigenvalue weighted by Gasteiger charge is 2.21. The molecule has 5 heteroatoms. The lowest BCUT2D eigenvalue weighted by Gasteiger charge is -2.23. The van der Waals surface area contributed by atoms with Crippen molar-refractivity contribution in [1.82, 2.24) is 5.32 Å². The zero-order chi connectivity index (χ0) is 13.8. The molecule has 2 rings (SSSR count). The molecule has 0 aromatic heterocycles. The summed E-state index contributed by atoms with van der Waals surface area (Å²) in [6.45, 7) is 2.70. The zero-order valence-corrected chi connectivity index (χ0v) is 10.9. The third-order valence-electron chi connectivity index (χ3n) is 3.37. The second kappa shape index (κ2) is 5.84. The van der Waals surface area contributed by atoms with E-state index in [1.54, 1.807) is 6.07 Å². The van der Waals surface area contributed by atoms with E-state index in [1.807, 2.05) is 6.92 Å². The Hall–Kier alpha value is -1.88. The fourth-order valence-electron chi connectivity index (χ4n) is 2.19. The maximum absolute atomic E-state index is 12.1. The molecular weight excluding hydrogens is 244 g/mol. The Labute approximate surface area is 112 Å². The molecule has 0 spiro atoms. The van der Waals surface area contributed by atoms with Gasteiger partial charge < -0.3 is 15.7 Å². The number of carboxylic acid groups (broad SMARTS) is 1. The number of amides is 1. The second-order valence-electron chi connectivity index (χ2n) is 4.83. The number of rotatable bonds is 3. The van der Waals surface area contributed by atoms with E-state index in [9.17, 15) is 9.59 Å². The van der Waals surface area contributed by atoms with Gasteiger partial charge >= 0.3 is 5.97 Å². The quantitative estimate of drug-likeness (QED) is 0.775. The van der Waals surface area contributed by atoms with Crippen LogP contribution in [0, 0.1) is 6.92 Å². The third kappa shape index (κ3) is 3.32. The standard InChI is InChI=1S/C14H18N2O3/c1-9-5-6-10(14(18)19)8-12(9)16-13(17)11-4-2-3-7-15-11/h5-6,8,11,15H,2-4,7H2,1H3,(H,16,17)(H,18,19)/t11-/m0/s1. The van der Waals surface area contributed by atoms with Gasteiger partial charge in [0, 0.05) is 5.69 Å². The first-order valence-corrected chi connectivity index (χ1v) is 6.46. The van der Waals surface area contributed by atoms with Crippen LogP contribution in [0.4, 0.5) is 5.69 Å². The van der Waals surface area contributed by atoms with Crippen molar-refractivity contribution in [3.8, 4) is 0 Å². The molecule has 1 aliphatic rings. The molecule has 0 unspecified atom stereocenters. The Kier molecular flexibility index (Phi) is 4.16. The smallest absolute Gasteiger partial charge is 0.335 e. The van der Waals surface area contributed by atoms with Gasteiger partial charge in [-0.25, -0.2) is 4.79 Å². The summed E-state index contributed by atoms with van der Waals surface area (Å²) in [7, 11) is 0. The van der Waals surface area contributed by atoms with Gasteiger partial charge in [0.2, 0.25) is 5.91 Å². The number of carbonyl (C=O) groups is 2. The van der Waals surface area contributed by atoms with Gasteiger partial charge in [-0.05, 0) is 44.0 Å². The number of benzene rings is 1. The average Bonchev–Trinajstić information content (AvgIpc) is 2.42. The van der Waals surface area contributed by atoms with E-state index < -0.39 is 5.97 Å². The van der Waals surface area contributed by atoms with E-state index in [-0.39, 0.29) is 17.5 Å². The number of piperidine rings is 1. The van der Waals surface area contributed by atoms with E-state index >= 15 is 0 Å². The summed E-state index contributed by atoms with van der Waals surface area (Å²) in [5.41, 5.74) is 1.60. The molecule has 19 heavy (non-hydrogen) atoms. The molecular formula is C14H18N2O3. The fraction of sp³-hybridized carbons (Fsp3) is 0.429. The molecule has 0 radical (unpaired) electrons. The number of nitrogens with one attached hydrogen (secondary N) is 2. The first-order chi connectivity index (χ1) is 9.08. The van der Waals surface area contributed by atoms with Gasteiger partial charge in [-0.1, -0.05) is 12.5 Å². The number of anilines is 1. The third-order valence-corrected chi connectivity index (χ3v) is 3.37. The fourth-order valence-corrected chi connectivity index (χ4v) is 2.19. The second-order valence-corrected chi connectivity index (χ2v) is 4.83. The summed E-state index contributed by atoms with van der Waals surface area (Å²) in [4.78, 5) is 23.0. The number of carboxylic acids is 1. The van der Waals surface area contributed by atoms with Crippen LogP contribution in [0.5, 0.6) is 0 Å². The maximum atomic E-state index is 12.1. The van der Waals surface area contributed by atoms with Crippen molar-refractivity contribution in [1.29, 1.82) is 0 Å². The predicted molar refractivity (Wildman–Crippen MR) is 72.4 cm³/mol. The predicted octanol–water partition coefficient (Wildman–Crippen LogP) is 1.77. The van der Waals surface area contributed by atoms with Gasteiger partial charge in [0.1, 0.15) is 0 Å². The van der Waals surface area contributed by atoms with E-state index in [4.69, 9.17) is 5.11 Å². The topological polar surface area (TPSA) is 78.4 Å².